The molecule has 1 aliphatic rings. The van der Waals surface area contributed by atoms with Crippen LogP contribution in [-0.2, 0) is 4.79 Å². The summed E-state index contributed by atoms with van der Waals surface area (Å²) in [6, 6.07) is 17.2. The van der Waals surface area contributed by atoms with Crippen molar-refractivity contribution >= 4 is 11.6 Å². The van der Waals surface area contributed by atoms with Gasteiger partial charge < -0.3 is 14.8 Å². The number of methoxy groups -OCH3 is 1. The summed E-state index contributed by atoms with van der Waals surface area (Å²) in [7, 11) is 1.65. The Morgan fingerprint density at radius 2 is 1.56 bits per heavy atom. The fraction of sp³-hybridized carbons (Fsp3) is 0.381. The summed E-state index contributed by atoms with van der Waals surface area (Å²) in [4.78, 5) is 16.7. The minimum Gasteiger partial charge on any atom is -0.497 e. The van der Waals surface area contributed by atoms with Crippen LogP contribution in [0.4, 0.5) is 5.69 Å². The van der Waals surface area contributed by atoms with Crippen LogP contribution in [0.5, 0.6) is 11.5 Å². The molecule has 0 bridgehead atoms. The molecule has 0 atom stereocenters. The van der Waals surface area contributed by atoms with Gasteiger partial charge in [-0.25, -0.2) is 0 Å². The number of carbonyl (C=O) groups excluding carboxylic acids is 1. The summed E-state index contributed by atoms with van der Waals surface area (Å²) >= 11 is 0. The normalized spacial score (nSPS) is 15.3. The van der Waals surface area contributed by atoms with Gasteiger partial charge >= 0.3 is 0 Å². The van der Waals surface area contributed by atoms with Crippen LogP contribution in [0.3, 0.4) is 0 Å². The standard InChI is InChI=1S/C21H27N3O3/c1-26-19-7-9-20(10-8-19)27-16-15-23-11-13-24(14-12-23)17-21(25)22-18-5-3-2-4-6-18/h2-10H,11-17H2,1H3,(H,22,25). The highest BCUT2D eigenvalue weighted by atomic mass is 16.5. The molecule has 0 aromatic heterocycles. The van der Waals surface area contributed by atoms with Gasteiger partial charge in [-0.3, -0.25) is 14.6 Å². The summed E-state index contributed by atoms with van der Waals surface area (Å²) in [5.41, 5.74) is 0.844. The molecule has 0 saturated carbocycles. The van der Waals surface area contributed by atoms with E-state index in [-0.39, 0.29) is 5.91 Å². The monoisotopic (exact) mass is 369 g/mol. The van der Waals surface area contributed by atoms with Crippen molar-refractivity contribution in [2.24, 2.45) is 0 Å². The van der Waals surface area contributed by atoms with Crippen molar-refractivity contribution in [2.75, 3.05) is 58.3 Å². The van der Waals surface area contributed by atoms with E-state index in [1.165, 1.54) is 0 Å². The van der Waals surface area contributed by atoms with E-state index < -0.39 is 0 Å². The first-order chi connectivity index (χ1) is 13.2. The number of hydrogen-bond acceptors (Lipinski definition) is 5. The molecule has 1 N–H and O–H groups in total. The molecule has 144 valence electrons. The Kier molecular flexibility index (Phi) is 7.07. The first-order valence-electron chi connectivity index (χ1n) is 9.29. The van der Waals surface area contributed by atoms with Gasteiger partial charge in [0.25, 0.3) is 0 Å². The predicted molar refractivity (Wildman–Crippen MR) is 106 cm³/mol. The second-order valence-electron chi connectivity index (χ2n) is 6.56. The summed E-state index contributed by atoms with van der Waals surface area (Å²) < 4.78 is 10.9. The van der Waals surface area contributed by atoms with E-state index in [4.69, 9.17) is 9.47 Å². The third kappa shape index (κ3) is 6.27. The summed E-state index contributed by atoms with van der Waals surface area (Å²) in [5, 5.41) is 2.94. The number of para-hydroxylation sites is 1. The minimum absolute atomic E-state index is 0.0393. The maximum Gasteiger partial charge on any atom is 0.238 e. The van der Waals surface area contributed by atoms with Gasteiger partial charge in [0.2, 0.25) is 5.91 Å². The van der Waals surface area contributed by atoms with E-state index in [1.54, 1.807) is 7.11 Å². The van der Waals surface area contributed by atoms with Crippen LogP contribution in [0.15, 0.2) is 54.6 Å². The van der Waals surface area contributed by atoms with Gasteiger partial charge in [0, 0.05) is 38.4 Å². The summed E-state index contributed by atoms with van der Waals surface area (Å²) in [6.07, 6.45) is 0. The third-order valence-corrected chi connectivity index (χ3v) is 4.63. The second-order valence-corrected chi connectivity index (χ2v) is 6.56. The molecule has 0 unspecified atom stereocenters. The molecule has 27 heavy (non-hydrogen) atoms. The zero-order valence-corrected chi connectivity index (χ0v) is 15.8. The average Bonchev–Trinajstić information content (AvgIpc) is 2.70. The topological polar surface area (TPSA) is 54.0 Å². The number of hydrogen-bond donors (Lipinski definition) is 1. The fourth-order valence-electron chi connectivity index (χ4n) is 3.06. The number of amides is 1. The third-order valence-electron chi connectivity index (χ3n) is 4.63. The zero-order valence-electron chi connectivity index (χ0n) is 15.8. The summed E-state index contributed by atoms with van der Waals surface area (Å²) in [5.74, 6) is 1.72. The van der Waals surface area contributed by atoms with Crippen molar-refractivity contribution < 1.29 is 14.3 Å². The predicted octanol–water partition coefficient (Wildman–Crippen LogP) is 2.33. The highest BCUT2D eigenvalue weighted by Crippen LogP contribution is 2.17. The van der Waals surface area contributed by atoms with Crippen LogP contribution in [0.1, 0.15) is 0 Å². The fourth-order valence-corrected chi connectivity index (χ4v) is 3.06. The van der Waals surface area contributed by atoms with E-state index in [2.05, 4.69) is 15.1 Å². The lowest BCUT2D eigenvalue weighted by atomic mass is 10.3. The molecule has 0 aliphatic carbocycles. The van der Waals surface area contributed by atoms with Gasteiger partial charge in [-0.2, -0.15) is 0 Å². The van der Waals surface area contributed by atoms with Gasteiger partial charge in [-0.15, -0.1) is 0 Å². The molecule has 2 aromatic carbocycles. The smallest absolute Gasteiger partial charge is 0.238 e. The second kappa shape index (κ2) is 9.94. The SMILES string of the molecule is COc1ccc(OCCN2CCN(CC(=O)Nc3ccccc3)CC2)cc1. The van der Waals surface area contributed by atoms with Crippen LogP contribution in [0, 0.1) is 0 Å². The molecule has 1 heterocycles. The van der Waals surface area contributed by atoms with Gasteiger partial charge in [-0.1, -0.05) is 18.2 Å². The van der Waals surface area contributed by atoms with Crippen molar-refractivity contribution in [2.45, 2.75) is 0 Å². The van der Waals surface area contributed by atoms with E-state index in [9.17, 15) is 4.79 Å². The quantitative estimate of drug-likeness (QED) is 0.774. The maximum absolute atomic E-state index is 12.1. The minimum atomic E-state index is 0.0393. The number of ether oxygens (including phenoxy) is 2. The molecule has 1 saturated heterocycles. The first-order valence-corrected chi connectivity index (χ1v) is 9.29. The molecular weight excluding hydrogens is 342 g/mol. The molecule has 1 fully saturated rings. The number of piperazine rings is 1. The Labute approximate surface area is 160 Å². The van der Waals surface area contributed by atoms with Crippen molar-refractivity contribution in [3.8, 4) is 11.5 Å². The Morgan fingerprint density at radius 3 is 2.22 bits per heavy atom. The van der Waals surface area contributed by atoms with Gasteiger partial charge in [0.1, 0.15) is 18.1 Å². The van der Waals surface area contributed by atoms with Crippen molar-refractivity contribution in [1.82, 2.24) is 9.80 Å². The van der Waals surface area contributed by atoms with Crippen molar-refractivity contribution in [1.29, 1.82) is 0 Å². The average molecular weight is 369 g/mol. The Bertz CT molecular complexity index is 698. The Morgan fingerprint density at radius 1 is 0.926 bits per heavy atom. The van der Waals surface area contributed by atoms with Crippen LogP contribution in [0.25, 0.3) is 0 Å². The van der Waals surface area contributed by atoms with Gasteiger partial charge in [0.05, 0.1) is 13.7 Å². The highest BCUT2D eigenvalue weighted by molar-refractivity contribution is 5.92. The molecule has 3 rings (SSSR count). The molecule has 6 heteroatoms. The molecule has 6 nitrogen and oxygen atoms in total. The Balaban J connectivity index is 1.32. The lowest BCUT2D eigenvalue weighted by Gasteiger charge is -2.34. The Hall–Kier alpha value is -2.57. The lowest BCUT2D eigenvalue weighted by molar-refractivity contribution is -0.117. The molecule has 1 amide bonds. The maximum atomic E-state index is 12.1. The number of nitrogens with one attached hydrogen (secondary N) is 1. The number of rotatable bonds is 8. The molecule has 1 aliphatic heterocycles. The van der Waals surface area contributed by atoms with Crippen molar-refractivity contribution in [3.63, 3.8) is 0 Å². The van der Waals surface area contributed by atoms with Crippen LogP contribution >= 0.6 is 0 Å². The lowest BCUT2D eigenvalue weighted by Crippen LogP contribution is -2.49. The van der Waals surface area contributed by atoms with E-state index >= 15 is 0 Å². The molecular formula is C21H27N3O3. The largest absolute Gasteiger partial charge is 0.497 e. The van der Waals surface area contributed by atoms with Gasteiger partial charge in [-0.05, 0) is 36.4 Å². The first kappa shape index (κ1) is 19.2. The van der Waals surface area contributed by atoms with Crippen LogP contribution < -0.4 is 14.8 Å². The van der Waals surface area contributed by atoms with E-state index in [0.717, 1.165) is 49.9 Å². The zero-order chi connectivity index (χ0) is 18.9. The molecule has 2 aromatic rings. The summed E-state index contributed by atoms with van der Waals surface area (Å²) in [6.45, 7) is 5.66. The molecule has 0 radical (unpaired) electrons. The highest BCUT2D eigenvalue weighted by Gasteiger charge is 2.18. The number of carbonyl (C=O) groups is 1. The van der Waals surface area contributed by atoms with Crippen LogP contribution in [0.2, 0.25) is 0 Å². The van der Waals surface area contributed by atoms with E-state index in [0.29, 0.717) is 13.2 Å². The van der Waals surface area contributed by atoms with Crippen molar-refractivity contribution in [3.05, 3.63) is 54.6 Å². The number of benzene rings is 2. The number of nitrogens with zero attached hydrogens (tertiary/aromatic N) is 2. The van der Waals surface area contributed by atoms with Crippen LogP contribution in [-0.4, -0.2) is 68.7 Å². The number of anilines is 1. The van der Waals surface area contributed by atoms with E-state index in [1.807, 2.05) is 54.6 Å². The molecule has 0 spiro atoms. The van der Waals surface area contributed by atoms with Gasteiger partial charge in [0.15, 0.2) is 0 Å².